The third-order valence-corrected chi connectivity index (χ3v) is 4.04. The Morgan fingerprint density at radius 3 is 2.44 bits per heavy atom. The zero-order valence-corrected chi connectivity index (χ0v) is 13.7. The van der Waals surface area contributed by atoms with E-state index in [2.05, 4.69) is 0 Å². The number of hydrogen-bond donors (Lipinski definition) is 0. The SMILES string of the molecule is Cc1ccc(Oc2ccccc2)c(-c2cc3ccccc3c(=O)o2)c1. The summed E-state index contributed by atoms with van der Waals surface area (Å²) >= 11 is 0. The molecule has 3 aromatic carbocycles. The third-order valence-electron chi connectivity index (χ3n) is 4.04. The lowest BCUT2D eigenvalue weighted by Gasteiger charge is -2.12. The Balaban J connectivity index is 1.87. The highest BCUT2D eigenvalue weighted by atomic mass is 16.5. The lowest BCUT2D eigenvalue weighted by atomic mass is 10.1. The van der Waals surface area contributed by atoms with Crippen LogP contribution in [0.15, 0.2) is 88.1 Å². The van der Waals surface area contributed by atoms with E-state index in [-0.39, 0.29) is 5.63 Å². The number of aryl methyl sites for hydroxylation is 1. The molecule has 0 atom stereocenters. The van der Waals surface area contributed by atoms with E-state index in [1.165, 1.54) is 0 Å². The van der Waals surface area contributed by atoms with E-state index in [0.29, 0.717) is 16.9 Å². The van der Waals surface area contributed by atoms with Crippen LogP contribution in [0.5, 0.6) is 11.5 Å². The van der Waals surface area contributed by atoms with Crippen molar-refractivity contribution >= 4 is 10.8 Å². The Bertz CT molecular complexity index is 1090. The molecule has 0 aliphatic rings. The van der Waals surface area contributed by atoms with E-state index in [4.69, 9.17) is 9.15 Å². The van der Waals surface area contributed by atoms with Gasteiger partial charge in [-0.05, 0) is 48.7 Å². The Hall–Kier alpha value is -3.33. The average molecular weight is 328 g/mol. The highest BCUT2D eigenvalue weighted by molar-refractivity contribution is 5.85. The molecule has 0 amide bonds. The van der Waals surface area contributed by atoms with Crippen LogP contribution in [0, 0.1) is 6.92 Å². The smallest absolute Gasteiger partial charge is 0.344 e. The molecular weight excluding hydrogens is 312 g/mol. The van der Waals surface area contributed by atoms with Gasteiger partial charge in [-0.25, -0.2) is 4.79 Å². The van der Waals surface area contributed by atoms with Gasteiger partial charge in [-0.2, -0.15) is 0 Å². The summed E-state index contributed by atoms with van der Waals surface area (Å²) in [7, 11) is 0. The molecule has 0 bridgehead atoms. The van der Waals surface area contributed by atoms with Gasteiger partial charge < -0.3 is 9.15 Å². The topological polar surface area (TPSA) is 39.4 Å². The molecule has 0 aliphatic heterocycles. The molecule has 1 heterocycles. The highest BCUT2D eigenvalue weighted by Gasteiger charge is 2.13. The fourth-order valence-electron chi connectivity index (χ4n) is 2.81. The largest absolute Gasteiger partial charge is 0.457 e. The summed E-state index contributed by atoms with van der Waals surface area (Å²) in [5.41, 5.74) is 1.47. The van der Waals surface area contributed by atoms with Crippen molar-refractivity contribution in [3.05, 3.63) is 94.8 Å². The van der Waals surface area contributed by atoms with Gasteiger partial charge in [0.25, 0.3) is 0 Å². The van der Waals surface area contributed by atoms with E-state index in [0.717, 1.165) is 22.3 Å². The number of fused-ring (bicyclic) bond motifs is 1. The molecule has 0 fully saturated rings. The van der Waals surface area contributed by atoms with Crippen LogP contribution < -0.4 is 10.4 Å². The molecule has 4 aromatic rings. The van der Waals surface area contributed by atoms with Crippen molar-refractivity contribution in [3.8, 4) is 22.8 Å². The summed E-state index contributed by atoms with van der Waals surface area (Å²) in [6.07, 6.45) is 0. The van der Waals surface area contributed by atoms with Gasteiger partial charge in [0, 0.05) is 0 Å². The standard InChI is InChI=1S/C22H16O3/c1-15-11-12-20(24-17-8-3-2-4-9-17)19(13-15)21-14-16-7-5-6-10-18(16)22(23)25-21/h2-14H,1H3. The fourth-order valence-corrected chi connectivity index (χ4v) is 2.81. The number of rotatable bonds is 3. The summed E-state index contributed by atoms with van der Waals surface area (Å²) in [5, 5.41) is 1.42. The van der Waals surface area contributed by atoms with Crippen LogP contribution >= 0.6 is 0 Å². The first kappa shape index (κ1) is 15.2. The summed E-state index contributed by atoms with van der Waals surface area (Å²) in [6, 6.07) is 24.7. The second kappa shape index (κ2) is 6.29. The first-order chi connectivity index (χ1) is 12.2. The maximum absolute atomic E-state index is 12.3. The van der Waals surface area contributed by atoms with Gasteiger partial charge >= 0.3 is 5.63 Å². The molecule has 3 heteroatoms. The van der Waals surface area contributed by atoms with E-state index in [9.17, 15) is 4.79 Å². The first-order valence-electron chi connectivity index (χ1n) is 8.07. The molecule has 0 saturated heterocycles. The van der Waals surface area contributed by atoms with Gasteiger partial charge in [-0.1, -0.05) is 48.0 Å². The molecule has 122 valence electrons. The highest BCUT2D eigenvalue weighted by Crippen LogP contribution is 2.34. The quantitative estimate of drug-likeness (QED) is 0.494. The first-order valence-corrected chi connectivity index (χ1v) is 8.07. The molecule has 0 aliphatic carbocycles. The molecule has 0 unspecified atom stereocenters. The van der Waals surface area contributed by atoms with Crippen LogP contribution in [-0.4, -0.2) is 0 Å². The number of benzene rings is 3. The minimum Gasteiger partial charge on any atom is -0.457 e. The van der Waals surface area contributed by atoms with Gasteiger partial charge in [0.15, 0.2) is 0 Å². The molecule has 4 rings (SSSR count). The number of hydrogen-bond acceptors (Lipinski definition) is 3. The molecule has 0 saturated carbocycles. The summed E-state index contributed by atoms with van der Waals surface area (Å²) in [6.45, 7) is 1.99. The Labute approximate surface area is 145 Å². The average Bonchev–Trinajstić information content (AvgIpc) is 2.64. The Morgan fingerprint density at radius 1 is 0.840 bits per heavy atom. The van der Waals surface area contributed by atoms with Gasteiger partial charge in [0.1, 0.15) is 17.3 Å². The molecule has 0 radical (unpaired) electrons. The molecule has 25 heavy (non-hydrogen) atoms. The molecule has 0 spiro atoms. The van der Waals surface area contributed by atoms with Crippen LogP contribution in [0.3, 0.4) is 0 Å². The van der Waals surface area contributed by atoms with E-state index >= 15 is 0 Å². The van der Waals surface area contributed by atoms with Gasteiger partial charge in [-0.15, -0.1) is 0 Å². The van der Waals surface area contributed by atoms with E-state index < -0.39 is 0 Å². The maximum atomic E-state index is 12.3. The monoisotopic (exact) mass is 328 g/mol. The fraction of sp³-hybridized carbons (Fsp3) is 0.0455. The lowest BCUT2D eigenvalue weighted by molar-refractivity contribution is 0.477. The van der Waals surface area contributed by atoms with Crippen molar-refractivity contribution in [2.45, 2.75) is 6.92 Å². The van der Waals surface area contributed by atoms with Crippen LogP contribution in [0.25, 0.3) is 22.1 Å². The van der Waals surface area contributed by atoms with Gasteiger partial charge in [-0.3, -0.25) is 0 Å². The minimum absolute atomic E-state index is 0.347. The van der Waals surface area contributed by atoms with Crippen molar-refractivity contribution < 1.29 is 9.15 Å². The minimum atomic E-state index is -0.347. The van der Waals surface area contributed by atoms with Gasteiger partial charge in [0.2, 0.25) is 0 Å². The van der Waals surface area contributed by atoms with Crippen molar-refractivity contribution in [2.75, 3.05) is 0 Å². The molecule has 3 nitrogen and oxygen atoms in total. The van der Waals surface area contributed by atoms with E-state index in [1.54, 1.807) is 6.07 Å². The Morgan fingerprint density at radius 2 is 1.60 bits per heavy atom. The zero-order valence-electron chi connectivity index (χ0n) is 13.7. The van der Waals surface area contributed by atoms with Crippen molar-refractivity contribution in [1.29, 1.82) is 0 Å². The lowest BCUT2D eigenvalue weighted by Crippen LogP contribution is -2.00. The van der Waals surface area contributed by atoms with Crippen molar-refractivity contribution in [1.82, 2.24) is 0 Å². The summed E-state index contributed by atoms with van der Waals surface area (Å²) < 4.78 is 11.6. The predicted octanol–water partition coefficient (Wildman–Crippen LogP) is 5.56. The number of para-hydroxylation sites is 1. The van der Waals surface area contributed by atoms with Crippen LogP contribution in [0.2, 0.25) is 0 Å². The van der Waals surface area contributed by atoms with Crippen LogP contribution in [0.1, 0.15) is 5.56 Å². The van der Waals surface area contributed by atoms with Crippen LogP contribution in [0.4, 0.5) is 0 Å². The Kier molecular flexibility index (Phi) is 3.82. The molecule has 0 N–H and O–H groups in total. The zero-order chi connectivity index (χ0) is 17.2. The predicted molar refractivity (Wildman–Crippen MR) is 99.2 cm³/mol. The van der Waals surface area contributed by atoms with Crippen LogP contribution in [-0.2, 0) is 0 Å². The molecule has 1 aromatic heterocycles. The second-order valence-electron chi connectivity index (χ2n) is 5.90. The second-order valence-corrected chi connectivity index (χ2v) is 5.90. The van der Waals surface area contributed by atoms with Gasteiger partial charge in [0.05, 0.1) is 10.9 Å². The summed E-state index contributed by atoms with van der Waals surface area (Å²) in [4.78, 5) is 12.3. The maximum Gasteiger partial charge on any atom is 0.344 e. The summed E-state index contributed by atoms with van der Waals surface area (Å²) in [5.74, 6) is 1.88. The van der Waals surface area contributed by atoms with E-state index in [1.807, 2.05) is 79.7 Å². The van der Waals surface area contributed by atoms with Crippen molar-refractivity contribution in [2.24, 2.45) is 0 Å². The van der Waals surface area contributed by atoms with Crippen molar-refractivity contribution in [3.63, 3.8) is 0 Å². The normalized spacial score (nSPS) is 10.8. The number of ether oxygens (including phenoxy) is 1. The molecular formula is C22H16O3. The third kappa shape index (κ3) is 3.04.